The fraction of sp³-hybridized carbons (Fsp3) is 0.333. The summed E-state index contributed by atoms with van der Waals surface area (Å²) in [7, 11) is 0. The predicted molar refractivity (Wildman–Crippen MR) is 104 cm³/mol. The number of halogens is 1. The summed E-state index contributed by atoms with van der Waals surface area (Å²) in [6.45, 7) is 2.15. The highest BCUT2D eigenvalue weighted by Crippen LogP contribution is 2.20. The highest BCUT2D eigenvalue weighted by Gasteiger charge is 2.27. The Morgan fingerprint density at radius 1 is 1.28 bits per heavy atom. The maximum atomic E-state index is 13.7. The van der Waals surface area contributed by atoms with Gasteiger partial charge in [0.1, 0.15) is 5.82 Å². The molecule has 1 atom stereocenters. The minimum absolute atomic E-state index is 0.0560. The van der Waals surface area contributed by atoms with Gasteiger partial charge >= 0.3 is 0 Å². The molecule has 3 heterocycles. The van der Waals surface area contributed by atoms with E-state index >= 15 is 0 Å². The molecule has 2 aromatic heterocycles. The van der Waals surface area contributed by atoms with Crippen molar-refractivity contribution in [2.24, 2.45) is 5.92 Å². The van der Waals surface area contributed by atoms with Gasteiger partial charge in [0.15, 0.2) is 0 Å². The third-order valence-electron chi connectivity index (χ3n) is 5.03. The Kier molecular flexibility index (Phi) is 5.90. The van der Waals surface area contributed by atoms with E-state index in [0.717, 1.165) is 24.9 Å². The van der Waals surface area contributed by atoms with Crippen LogP contribution in [0.2, 0.25) is 0 Å². The van der Waals surface area contributed by atoms with Gasteiger partial charge in [-0.2, -0.15) is 4.98 Å². The van der Waals surface area contributed by atoms with Crippen LogP contribution in [0, 0.1) is 11.7 Å². The Labute approximate surface area is 168 Å². The molecular formula is C21H22FN5O2. The molecule has 29 heavy (non-hydrogen) atoms. The first kappa shape index (κ1) is 19.2. The number of amides is 1. The van der Waals surface area contributed by atoms with Gasteiger partial charge in [-0.25, -0.2) is 4.39 Å². The number of benzene rings is 1. The van der Waals surface area contributed by atoms with Crippen LogP contribution in [-0.2, 0) is 17.9 Å². The van der Waals surface area contributed by atoms with Crippen molar-refractivity contribution in [2.45, 2.75) is 25.9 Å². The van der Waals surface area contributed by atoms with E-state index in [1.165, 1.54) is 6.07 Å². The van der Waals surface area contributed by atoms with Crippen molar-refractivity contribution in [2.75, 3.05) is 13.1 Å². The van der Waals surface area contributed by atoms with E-state index < -0.39 is 0 Å². The van der Waals surface area contributed by atoms with Gasteiger partial charge in [0.25, 0.3) is 0 Å². The second-order valence-corrected chi connectivity index (χ2v) is 7.14. The molecule has 1 aliphatic heterocycles. The van der Waals surface area contributed by atoms with Gasteiger partial charge in [-0.3, -0.25) is 14.7 Å². The van der Waals surface area contributed by atoms with E-state index in [4.69, 9.17) is 4.52 Å². The van der Waals surface area contributed by atoms with Crippen LogP contribution < -0.4 is 5.32 Å². The number of aromatic nitrogens is 3. The van der Waals surface area contributed by atoms with Crippen LogP contribution in [0.15, 0.2) is 53.3 Å². The molecule has 0 aliphatic carbocycles. The predicted octanol–water partition coefficient (Wildman–Crippen LogP) is 2.80. The van der Waals surface area contributed by atoms with Crippen molar-refractivity contribution >= 4 is 5.91 Å². The van der Waals surface area contributed by atoms with E-state index in [1.807, 2.05) is 12.1 Å². The van der Waals surface area contributed by atoms with Gasteiger partial charge in [-0.05, 0) is 37.6 Å². The molecule has 0 radical (unpaired) electrons. The highest BCUT2D eigenvalue weighted by atomic mass is 19.1. The average Bonchev–Trinajstić information content (AvgIpc) is 3.22. The van der Waals surface area contributed by atoms with E-state index in [-0.39, 0.29) is 24.2 Å². The fourth-order valence-electron chi connectivity index (χ4n) is 3.50. The summed E-state index contributed by atoms with van der Waals surface area (Å²) in [5.41, 5.74) is 1.29. The Bertz CT molecular complexity index is 962. The summed E-state index contributed by atoms with van der Waals surface area (Å²) < 4.78 is 19.1. The molecule has 8 heteroatoms. The second kappa shape index (κ2) is 8.91. The van der Waals surface area contributed by atoms with Crippen LogP contribution >= 0.6 is 0 Å². The normalized spacial score (nSPS) is 17.2. The number of carbonyl (C=O) groups is 1. The monoisotopic (exact) mass is 395 g/mol. The lowest BCUT2D eigenvalue weighted by Gasteiger charge is -2.30. The quantitative estimate of drug-likeness (QED) is 0.691. The van der Waals surface area contributed by atoms with Gasteiger partial charge < -0.3 is 9.84 Å². The molecule has 3 aromatic rings. The first-order chi connectivity index (χ1) is 14.2. The SMILES string of the molecule is O=C(NCc1ccccc1F)[C@@H]1CCCN(Cc2nc(-c3cccnc3)no2)C1. The van der Waals surface area contributed by atoms with Gasteiger partial charge in [-0.15, -0.1) is 0 Å². The molecule has 150 valence electrons. The fourth-order valence-corrected chi connectivity index (χ4v) is 3.50. The first-order valence-corrected chi connectivity index (χ1v) is 9.65. The molecule has 1 N–H and O–H groups in total. The van der Waals surface area contributed by atoms with Crippen molar-refractivity contribution in [3.05, 3.63) is 66.1 Å². The average molecular weight is 395 g/mol. The summed E-state index contributed by atoms with van der Waals surface area (Å²) in [5.74, 6) is 0.509. The Morgan fingerprint density at radius 3 is 3.00 bits per heavy atom. The summed E-state index contributed by atoms with van der Waals surface area (Å²) in [6, 6.07) is 10.2. The Morgan fingerprint density at radius 2 is 2.17 bits per heavy atom. The molecule has 7 nitrogen and oxygen atoms in total. The Balaban J connectivity index is 1.32. The number of hydrogen-bond acceptors (Lipinski definition) is 6. The van der Waals surface area contributed by atoms with Crippen molar-refractivity contribution in [1.82, 2.24) is 25.3 Å². The van der Waals surface area contributed by atoms with Crippen molar-refractivity contribution in [1.29, 1.82) is 0 Å². The van der Waals surface area contributed by atoms with Gasteiger partial charge in [0.2, 0.25) is 17.6 Å². The van der Waals surface area contributed by atoms with Crippen LogP contribution in [0.25, 0.3) is 11.4 Å². The number of pyridine rings is 1. The molecule has 1 saturated heterocycles. The zero-order valence-corrected chi connectivity index (χ0v) is 15.9. The molecule has 4 rings (SSSR count). The van der Waals surface area contributed by atoms with E-state index in [1.54, 1.807) is 30.6 Å². The number of rotatable bonds is 6. The zero-order valence-electron chi connectivity index (χ0n) is 15.9. The van der Waals surface area contributed by atoms with E-state index in [0.29, 0.717) is 30.4 Å². The van der Waals surface area contributed by atoms with Crippen LogP contribution in [0.4, 0.5) is 4.39 Å². The summed E-state index contributed by atoms with van der Waals surface area (Å²) in [5, 5.41) is 6.87. The lowest BCUT2D eigenvalue weighted by atomic mass is 9.97. The minimum atomic E-state index is -0.307. The molecule has 0 bridgehead atoms. The molecule has 1 amide bonds. The molecule has 0 unspecified atom stereocenters. The third-order valence-corrected chi connectivity index (χ3v) is 5.03. The minimum Gasteiger partial charge on any atom is -0.352 e. The standard InChI is InChI=1S/C21H22FN5O2/c22-18-8-2-1-5-15(18)12-24-21(28)17-7-4-10-27(13-17)14-19-25-20(26-29-19)16-6-3-9-23-11-16/h1-3,5-6,8-9,11,17H,4,7,10,12-14H2,(H,24,28)/t17-/m1/s1. The molecule has 1 aromatic carbocycles. The van der Waals surface area contributed by atoms with Crippen molar-refractivity contribution in [3.63, 3.8) is 0 Å². The number of piperidine rings is 1. The zero-order chi connectivity index (χ0) is 20.1. The van der Waals surface area contributed by atoms with Crippen LogP contribution in [0.1, 0.15) is 24.3 Å². The topological polar surface area (TPSA) is 84.2 Å². The van der Waals surface area contributed by atoms with Crippen LogP contribution in [0.5, 0.6) is 0 Å². The highest BCUT2D eigenvalue weighted by molar-refractivity contribution is 5.79. The largest absolute Gasteiger partial charge is 0.352 e. The number of hydrogen-bond donors (Lipinski definition) is 1. The van der Waals surface area contributed by atoms with Gasteiger partial charge in [-0.1, -0.05) is 23.4 Å². The number of nitrogens with one attached hydrogen (secondary N) is 1. The Hall–Kier alpha value is -3.13. The van der Waals surface area contributed by atoms with E-state index in [2.05, 4.69) is 25.3 Å². The molecule has 1 fully saturated rings. The molecule has 1 aliphatic rings. The lowest BCUT2D eigenvalue weighted by molar-refractivity contribution is -0.127. The smallest absolute Gasteiger partial charge is 0.241 e. The maximum Gasteiger partial charge on any atom is 0.241 e. The third kappa shape index (κ3) is 4.83. The van der Waals surface area contributed by atoms with Gasteiger partial charge in [0.05, 0.1) is 12.5 Å². The van der Waals surface area contributed by atoms with Crippen LogP contribution in [0.3, 0.4) is 0 Å². The van der Waals surface area contributed by atoms with Crippen molar-refractivity contribution in [3.8, 4) is 11.4 Å². The number of nitrogens with zero attached hydrogens (tertiary/aromatic N) is 4. The summed E-state index contributed by atoms with van der Waals surface area (Å²) in [4.78, 5) is 23.2. The second-order valence-electron chi connectivity index (χ2n) is 7.14. The maximum absolute atomic E-state index is 13.7. The molecule has 0 spiro atoms. The summed E-state index contributed by atoms with van der Waals surface area (Å²) in [6.07, 6.45) is 5.09. The lowest BCUT2D eigenvalue weighted by Crippen LogP contribution is -2.42. The van der Waals surface area contributed by atoms with E-state index in [9.17, 15) is 9.18 Å². The van der Waals surface area contributed by atoms with Gasteiger partial charge in [0, 0.05) is 36.6 Å². The molecular weight excluding hydrogens is 373 g/mol. The number of carbonyl (C=O) groups excluding carboxylic acids is 1. The summed E-state index contributed by atoms with van der Waals surface area (Å²) >= 11 is 0. The van der Waals surface area contributed by atoms with Crippen LogP contribution in [-0.4, -0.2) is 39.0 Å². The number of likely N-dealkylation sites (tertiary alicyclic amines) is 1. The van der Waals surface area contributed by atoms with Crippen molar-refractivity contribution < 1.29 is 13.7 Å². The first-order valence-electron chi connectivity index (χ1n) is 9.65. The molecule has 0 saturated carbocycles.